The second-order valence-corrected chi connectivity index (χ2v) is 4.76. The van der Waals surface area contributed by atoms with Gasteiger partial charge in [-0.05, 0) is 19.8 Å². The van der Waals surface area contributed by atoms with Gasteiger partial charge in [0.25, 0.3) is 0 Å². The molecule has 2 rings (SSSR count). The van der Waals surface area contributed by atoms with E-state index in [0.717, 1.165) is 31.8 Å². The van der Waals surface area contributed by atoms with Gasteiger partial charge in [-0.15, -0.1) is 0 Å². The molecular formula is C12H22N4O. The van der Waals surface area contributed by atoms with Crippen LogP contribution in [0.2, 0.25) is 0 Å². The van der Waals surface area contributed by atoms with Crippen LogP contribution in [0, 0.1) is 5.92 Å². The Hall–Kier alpha value is -0.910. The molecule has 0 radical (unpaired) electrons. The first kappa shape index (κ1) is 12.5. The van der Waals surface area contributed by atoms with Crippen LogP contribution in [0.15, 0.2) is 12.4 Å². The molecule has 3 atom stereocenters. The van der Waals surface area contributed by atoms with Gasteiger partial charge in [-0.2, -0.15) is 0 Å². The van der Waals surface area contributed by atoms with Gasteiger partial charge in [0.1, 0.15) is 5.82 Å². The first-order valence-corrected chi connectivity index (χ1v) is 6.35. The summed E-state index contributed by atoms with van der Waals surface area (Å²) in [6.45, 7) is 6.01. The van der Waals surface area contributed by atoms with Crippen molar-refractivity contribution in [3.05, 3.63) is 18.2 Å². The molecule has 1 aromatic heterocycles. The molecular weight excluding hydrogens is 216 g/mol. The summed E-state index contributed by atoms with van der Waals surface area (Å²) in [5.74, 6) is 7.13. The molecule has 3 unspecified atom stereocenters. The first-order chi connectivity index (χ1) is 8.26. The van der Waals surface area contributed by atoms with Crippen LogP contribution < -0.4 is 11.3 Å². The number of hydrogen-bond donors (Lipinski definition) is 2. The maximum Gasteiger partial charge on any atom is 0.127 e. The fourth-order valence-electron chi connectivity index (χ4n) is 2.53. The van der Waals surface area contributed by atoms with Gasteiger partial charge >= 0.3 is 0 Å². The lowest BCUT2D eigenvalue weighted by atomic mass is 9.96. The number of nitrogens with one attached hydrogen (secondary N) is 1. The molecule has 0 bridgehead atoms. The molecule has 1 fully saturated rings. The molecule has 0 spiro atoms. The van der Waals surface area contributed by atoms with E-state index < -0.39 is 0 Å². The summed E-state index contributed by atoms with van der Waals surface area (Å²) >= 11 is 0. The third-order valence-corrected chi connectivity index (χ3v) is 3.37. The van der Waals surface area contributed by atoms with Crippen molar-refractivity contribution < 1.29 is 4.74 Å². The SMILES string of the molecule is CCCn1ccnc1C(NN)C1COC(C)C1. The van der Waals surface area contributed by atoms with Gasteiger partial charge in [-0.3, -0.25) is 5.84 Å². The zero-order valence-corrected chi connectivity index (χ0v) is 10.6. The van der Waals surface area contributed by atoms with Crippen LogP contribution in [-0.2, 0) is 11.3 Å². The number of hydrogen-bond acceptors (Lipinski definition) is 4. The largest absolute Gasteiger partial charge is 0.378 e. The molecule has 0 aliphatic carbocycles. The summed E-state index contributed by atoms with van der Waals surface area (Å²) in [6, 6.07) is 0.0847. The molecule has 5 nitrogen and oxygen atoms in total. The minimum absolute atomic E-state index is 0.0847. The van der Waals surface area contributed by atoms with Gasteiger partial charge in [0.15, 0.2) is 0 Å². The third kappa shape index (κ3) is 2.68. The summed E-state index contributed by atoms with van der Waals surface area (Å²) in [5, 5.41) is 0. The fourth-order valence-corrected chi connectivity index (χ4v) is 2.53. The average molecular weight is 238 g/mol. The smallest absolute Gasteiger partial charge is 0.127 e. The molecule has 17 heavy (non-hydrogen) atoms. The number of nitrogens with zero attached hydrogens (tertiary/aromatic N) is 2. The van der Waals surface area contributed by atoms with E-state index in [4.69, 9.17) is 10.6 Å². The Balaban J connectivity index is 2.14. The highest BCUT2D eigenvalue weighted by molar-refractivity contribution is 5.02. The van der Waals surface area contributed by atoms with Gasteiger partial charge in [0.05, 0.1) is 18.8 Å². The second-order valence-electron chi connectivity index (χ2n) is 4.76. The van der Waals surface area contributed by atoms with Crippen molar-refractivity contribution in [1.82, 2.24) is 15.0 Å². The lowest BCUT2D eigenvalue weighted by Crippen LogP contribution is -2.36. The molecule has 1 aromatic rings. The summed E-state index contributed by atoms with van der Waals surface area (Å²) in [5.41, 5.74) is 2.90. The van der Waals surface area contributed by atoms with Crippen LogP contribution >= 0.6 is 0 Å². The minimum Gasteiger partial charge on any atom is -0.378 e. The van der Waals surface area contributed by atoms with Crippen LogP contribution in [0.1, 0.15) is 38.6 Å². The van der Waals surface area contributed by atoms with Crippen LogP contribution in [-0.4, -0.2) is 22.3 Å². The highest BCUT2D eigenvalue weighted by Crippen LogP contribution is 2.30. The summed E-state index contributed by atoms with van der Waals surface area (Å²) in [6.07, 6.45) is 6.31. The number of rotatable bonds is 5. The monoisotopic (exact) mass is 238 g/mol. The number of aromatic nitrogens is 2. The number of ether oxygens (including phenoxy) is 1. The third-order valence-electron chi connectivity index (χ3n) is 3.37. The standard InChI is InChI=1S/C12H22N4O/c1-3-5-16-6-4-14-12(16)11(15-13)10-7-9(2)17-8-10/h4,6,9-11,15H,3,5,7-8,13H2,1-2H3. The Bertz CT molecular complexity index is 352. The Morgan fingerprint density at radius 2 is 2.53 bits per heavy atom. The second kappa shape index (κ2) is 5.62. The lowest BCUT2D eigenvalue weighted by Gasteiger charge is -2.22. The van der Waals surface area contributed by atoms with Crippen LogP contribution in [0.3, 0.4) is 0 Å². The van der Waals surface area contributed by atoms with Gasteiger partial charge in [-0.1, -0.05) is 6.92 Å². The van der Waals surface area contributed by atoms with Crippen molar-refractivity contribution >= 4 is 0 Å². The van der Waals surface area contributed by atoms with E-state index in [1.54, 1.807) is 0 Å². The Kier molecular flexibility index (Phi) is 4.15. The first-order valence-electron chi connectivity index (χ1n) is 6.35. The zero-order valence-electron chi connectivity index (χ0n) is 10.6. The van der Waals surface area contributed by atoms with E-state index in [1.165, 1.54) is 0 Å². The number of nitrogens with two attached hydrogens (primary N) is 1. The van der Waals surface area contributed by atoms with Crippen molar-refractivity contribution in [2.75, 3.05) is 6.61 Å². The van der Waals surface area contributed by atoms with Crippen molar-refractivity contribution in [2.24, 2.45) is 11.8 Å². The van der Waals surface area contributed by atoms with Crippen molar-refractivity contribution in [1.29, 1.82) is 0 Å². The predicted octanol–water partition coefficient (Wildman–Crippen LogP) is 1.22. The molecule has 1 aliphatic heterocycles. The molecule has 0 amide bonds. The lowest BCUT2D eigenvalue weighted by molar-refractivity contribution is 0.116. The quantitative estimate of drug-likeness (QED) is 0.598. The van der Waals surface area contributed by atoms with Crippen LogP contribution in [0.5, 0.6) is 0 Å². The average Bonchev–Trinajstić information content (AvgIpc) is 2.91. The maximum atomic E-state index is 5.70. The minimum atomic E-state index is 0.0847. The highest BCUT2D eigenvalue weighted by atomic mass is 16.5. The molecule has 96 valence electrons. The van der Waals surface area contributed by atoms with Crippen LogP contribution in [0.4, 0.5) is 0 Å². The summed E-state index contributed by atoms with van der Waals surface area (Å²) < 4.78 is 7.79. The summed E-state index contributed by atoms with van der Waals surface area (Å²) in [4.78, 5) is 4.44. The molecule has 3 N–H and O–H groups in total. The Morgan fingerprint density at radius 3 is 3.12 bits per heavy atom. The molecule has 0 saturated carbocycles. The summed E-state index contributed by atoms with van der Waals surface area (Å²) in [7, 11) is 0. The van der Waals surface area contributed by atoms with Gasteiger partial charge in [0.2, 0.25) is 0 Å². The van der Waals surface area contributed by atoms with E-state index in [2.05, 4.69) is 28.8 Å². The van der Waals surface area contributed by atoms with E-state index in [9.17, 15) is 0 Å². The zero-order chi connectivity index (χ0) is 12.3. The molecule has 5 heteroatoms. The van der Waals surface area contributed by atoms with Crippen molar-refractivity contribution in [3.8, 4) is 0 Å². The molecule has 1 saturated heterocycles. The topological polar surface area (TPSA) is 65.1 Å². The number of hydrazine groups is 1. The van der Waals surface area contributed by atoms with E-state index in [0.29, 0.717) is 12.0 Å². The van der Waals surface area contributed by atoms with E-state index in [-0.39, 0.29) is 6.04 Å². The van der Waals surface area contributed by atoms with E-state index >= 15 is 0 Å². The van der Waals surface area contributed by atoms with Gasteiger partial charge < -0.3 is 9.30 Å². The Morgan fingerprint density at radius 1 is 1.71 bits per heavy atom. The van der Waals surface area contributed by atoms with Crippen molar-refractivity contribution in [2.45, 2.75) is 45.4 Å². The molecule has 2 heterocycles. The normalized spacial score (nSPS) is 26.3. The fraction of sp³-hybridized carbons (Fsp3) is 0.750. The Labute approximate surface area is 102 Å². The predicted molar refractivity (Wildman–Crippen MR) is 66.1 cm³/mol. The van der Waals surface area contributed by atoms with E-state index in [1.807, 2.05) is 12.4 Å². The van der Waals surface area contributed by atoms with Gasteiger partial charge in [0, 0.05) is 24.9 Å². The van der Waals surface area contributed by atoms with Crippen LogP contribution in [0.25, 0.3) is 0 Å². The number of aryl methyl sites for hydroxylation is 1. The number of imidazole rings is 1. The van der Waals surface area contributed by atoms with Gasteiger partial charge in [-0.25, -0.2) is 10.4 Å². The van der Waals surface area contributed by atoms with Crippen molar-refractivity contribution in [3.63, 3.8) is 0 Å². The maximum absolute atomic E-state index is 5.70. The molecule has 1 aliphatic rings. The highest BCUT2D eigenvalue weighted by Gasteiger charge is 2.32. The molecule has 0 aromatic carbocycles.